The van der Waals surface area contributed by atoms with Gasteiger partial charge >= 0.3 is 5.97 Å². The molecule has 0 aromatic heterocycles. The van der Waals surface area contributed by atoms with Crippen LogP contribution >= 0.6 is 0 Å². The minimum atomic E-state index is -3.43. The van der Waals surface area contributed by atoms with Crippen molar-refractivity contribution in [3.63, 3.8) is 0 Å². The average molecular weight is 299 g/mol. The topological polar surface area (TPSA) is 74.7 Å². The number of rotatable bonds is 8. The number of carboxylic acids is 1. The van der Waals surface area contributed by atoms with Gasteiger partial charge in [0.15, 0.2) is 0 Å². The molecule has 0 saturated heterocycles. The molecule has 0 unspecified atom stereocenters. The van der Waals surface area contributed by atoms with Gasteiger partial charge in [0, 0.05) is 19.0 Å². The van der Waals surface area contributed by atoms with E-state index in [9.17, 15) is 13.2 Å². The van der Waals surface area contributed by atoms with Crippen LogP contribution in [-0.4, -0.2) is 36.4 Å². The first-order valence-electron chi connectivity index (χ1n) is 6.58. The Labute approximate surface area is 120 Å². The van der Waals surface area contributed by atoms with Gasteiger partial charge in [0.1, 0.15) is 0 Å². The van der Waals surface area contributed by atoms with Gasteiger partial charge in [0.25, 0.3) is 0 Å². The summed E-state index contributed by atoms with van der Waals surface area (Å²) in [5, 5.41) is 8.64. The number of hydrogen-bond donors (Lipinski definition) is 1. The largest absolute Gasteiger partial charge is 0.481 e. The molecule has 5 nitrogen and oxygen atoms in total. The molecule has 0 atom stereocenters. The lowest BCUT2D eigenvalue weighted by Crippen LogP contribution is -2.38. The highest BCUT2D eigenvalue weighted by atomic mass is 32.2. The summed E-state index contributed by atoms with van der Waals surface area (Å²) in [6.45, 7) is 3.83. The van der Waals surface area contributed by atoms with Gasteiger partial charge < -0.3 is 5.11 Å². The van der Waals surface area contributed by atoms with Crippen LogP contribution < -0.4 is 0 Å². The minimum absolute atomic E-state index is 0.0237. The fraction of sp³-hybridized carbons (Fsp3) is 0.500. The van der Waals surface area contributed by atoms with Crippen molar-refractivity contribution < 1.29 is 18.3 Å². The second kappa shape index (κ2) is 7.40. The first-order chi connectivity index (χ1) is 9.33. The standard InChI is InChI=1S/C14H21NO4S/c1-12(2)15(10-6-9-14(16)17)20(18,19)11-13-7-4-3-5-8-13/h3-5,7-8,12H,6,9-11H2,1-2H3,(H,16,17). The molecule has 1 aromatic rings. The van der Waals surface area contributed by atoms with Crippen LogP contribution in [0.3, 0.4) is 0 Å². The highest BCUT2D eigenvalue weighted by Crippen LogP contribution is 2.15. The maximum Gasteiger partial charge on any atom is 0.303 e. The average Bonchev–Trinajstić information content (AvgIpc) is 2.34. The van der Waals surface area contributed by atoms with Crippen LogP contribution in [0.4, 0.5) is 0 Å². The van der Waals surface area contributed by atoms with Gasteiger partial charge in [-0.2, -0.15) is 4.31 Å². The van der Waals surface area contributed by atoms with E-state index in [2.05, 4.69) is 0 Å². The fourth-order valence-corrected chi connectivity index (χ4v) is 3.80. The molecular formula is C14H21NO4S. The molecule has 0 saturated carbocycles. The summed E-state index contributed by atoms with van der Waals surface area (Å²) in [5.74, 6) is -0.965. The van der Waals surface area contributed by atoms with E-state index in [-0.39, 0.29) is 24.8 Å². The van der Waals surface area contributed by atoms with Crippen molar-refractivity contribution in [2.75, 3.05) is 6.54 Å². The third kappa shape index (κ3) is 5.30. The van der Waals surface area contributed by atoms with E-state index in [0.717, 1.165) is 5.56 Å². The van der Waals surface area contributed by atoms with Gasteiger partial charge in [-0.05, 0) is 25.8 Å². The van der Waals surface area contributed by atoms with Crippen molar-refractivity contribution in [2.24, 2.45) is 0 Å². The smallest absolute Gasteiger partial charge is 0.303 e. The van der Waals surface area contributed by atoms with E-state index in [1.54, 1.807) is 38.1 Å². The Hall–Kier alpha value is -1.40. The number of nitrogens with zero attached hydrogens (tertiary/aromatic N) is 1. The van der Waals surface area contributed by atoms with Gasteiger partial charge in [-0.25, -0.2) is 8.42 Å². The highest BCUT2D eigenvalue weighted by molar-refractivity contribution is 7.88. The second-order valence-electron chi connectivity index (χ2n) is 4.94. The van der Waals surface area contributed by atoms with Gasteiger partial charge in [-0.1, -0.05) is 30.3 Å². The number of sulfonamides is 1. The first kappa shape index (κ1) is 16.7. The molecule has 0 spiro atoms. The molecule has 0 amide bonds. The summed E-state index contributed by atoms with van der Waals surface area (Å²) in [6, 6.07) is 8.80. The maximum atomic E-state index is 12.4. The highest BCUT2D eigenvalue weighted by Gasteiger charge is 2.24. The summed E-state index contributed by atoms with van der Waals surface area (Å²) in [5.41, 5.74) is 0.733. The van der Waals surface area contributed by atoms with E-state index in [1.165, 1.54) is 4.31 Å². The zero-order valence-electron chi connectivity index (χ0n) is 11.8. The second-order valence-corrected chi connectivity index (χ2v) is 6.87. The van der Waals surface area contributed by atoms with E-state index in [0.29, 0.717) is 6.42 Å². The van der Waals surface area contributed by atoms with Crippen molar-refractivity contribution in [3.8, 4) is 0 Å². The lowest BCUT2D eigenvalue weighted by Gasteiger charge is -2.25. The molecule has 0 fully saturated rings. The summed E-state index contributed by atoms with van der Waals surface area (Å²) >= 11 is 0. The first-order valence-corrected chi connectivity index (χ1v) is 8.19. The summed E-state index contributed by atoms with van der Waals surface area (Å²) < 4.78 is 26.2. The quantitative estimate of drug-likeness (QED) is 0.797. The molecule has 0 radical (unpaired) electrons. The molecular weight excluding hydrogens is 278 g/mol. The van der Waals surface area contributed by atoms with E-state index >= 15 is 0 Å². The van der Waals surface area contributed by atoms with Crippen molar-refractivity contribution >= 4 is 16.0 Å². The Bertz CT molecular complexity index is 525. The van der Waals surface area contributed by atoms with Crippen LogP contribution in [0, 0.1) is 0 Å². The Morgan fingerprint density at radius 2 is 1.85 bits per heavy atom. The molecule has 1 rings (SSSR count). The van der Waals surface area contributed by atoms with Gasteiger partial charge in [0.05, 0.1) is 5.75 Å². The van der Waals surface area contributed by atoms with Crippen molar-refractivity contribution in [1.82, 2.24) is 4.31 Å². The Morgan fingerprint density at radius 3 is 2.35 bits per heavy atom. The zero-order valence-corrected chi connectivity index (χ0v) is 12.6. The lowest BCUT2D eigenvalue weighted by atomic mass is 10.2. The molecule has 1 aromatic carbocycles. The summed E-state index contributed by atoms with van der Waals surface area (Å²) in [4.78, 5) is 10.5. The van der Waals surface area contributed by atoms with Crippen molar-refractivity contribution in [3.05, 3.63) is 35.9 Å². The maximum absolute atomic E-state index is 12.4. The van der Waals surface area contributed by atoms with Gasteiger partial charge in [-0.3, -0.25) is 4.79 Å². The van der Waals surface area contributed by atoms with Crippen molar-refractivity contribution in [1.29, 1.82) is 0 Å². The van der Waals surface area contributed by atoms with Crippen LogP contribution in [0.5, 0.6) is 0 Å². The normalized spacial score (nSPS) is 12.0. The fourth-order valence-electron chi connectivity index (χ4n) is 1.97. The van der Waals surface area contributed by atoms with Gasteiger partial charge in [-0.15, -0.1) is 0 Å². The number of hydrogen-bond acceptors (Lipinski definition) is 3. The molecule has 1 N–H and O–H groups in total. The predicted octanol–water partition coefficient (Wildman–Crippen LogP) is 2.09. The molecule has 20 heavy (non-hydrogen) atoms. The molecule has 112 valence electrons. The number of aliphatic carboxylic acids is 1. The van der Waals surface area contributed by atoms with Gasteiger partial charge in [0.2, 0.25) is 10.0 Å². The lowest BCUT2D eigenvalue weighted by molar-refractivity contribution is -0.137. The Kier molecular flexibility index (Phi) is 6.16. The SMILES string of the molecule is CC(C)N(CCCC(=O)O)S(=O)(=O)Cc1ccccc1. The minimum Gasteiger partial charge on any atom is -0.481 e. The number of benzene rings is 1. The number of carboxylic acid groups (broad SMARTS) is 1. The van der Waals surface area contributed by atoms with Crippen LogP contribution in [-0.2, 0) is 20.6 Å². The molecule has 6 heteroatoms. The van der Waals surface area contributed by atoms with E-state index in [1.807, 2.05) is 6.07 Å². The third-order valence-electron chi connectivity index (χ3n) is 2.89. The third-order valence-corrected chi connectivity index (χ3v) is 4.91. The zero-order chi connectivity index (χ0) is 15.2. The van der Waals surface area contributed by atoms with Crippen LogP contribution in [0.25, 0.3) is 0 Å². The monoisotopic (exact) mass is 299 g/mol. The summed E-state index contributed by atoms with van der Waals surface area (Å²) in [6.07, 6.45) is 0.297. The summed E-state index contributed by atoms with van der Waals surface area (Å²) in [7, 11) is -3.43. The molecule has 0 aliphatic carbocycles. The Balaban J connectivity index is 2.76. The molecule has 0 aliphatic rings. The van der Waals surface area contributed by atoms with E-state index in [4.69, 9.17) is 5.11 Å². The van der Waals surface area contributed by atoms with Crippen molar-refractivity contribution in [2.45, 2.75) is 38.5 Å². The molecule has 0 bridgehead atoms. The van der Waals surface area contributed by atoms with Crippen LogP contribution in [0.1, 0.15) is 32.3 Å². The molecule has 0 heterocycles. The predicted molar refractivity (Wildman–Crippen MR) is 77.8 cm³/mol. The number of carbonyl (C=O) groups is 1. The molecule has 0 aliphatic heterocycles. The van der Waals surface area contributed by atoms with Crippen LogP contribution in [0.15, 0.2) is 30.3 Å². The Morgan fingerprint density at radius 1 is 1.25 bits per heavy atom. The van der Waals surface area contributed by atoms with Crippen LogP contribution in [0.2, 0.25) is 0 Å². The van der Waals surface area contributed by atoms with E-state index < -0.39 is 16.0 Å².